The van der Waals surface area contributed by atoms with E-state index in [1.165, 1.54) is 29.7 Å². The molecule has 1 N–H and O–H groups in total. The minimum absolute atomic E-state index is 0.362. The molecule has 28 heavy (non-hydrogen) atoms. The van der Waals surface area contributed by atoms with Gasteiger partial charge in [-0.2, -0.15) is 4.98 Å². The lowest BCUT2D eigenvalue weighted by molar-refractivity contribution is 0.353. The van der Waals surface area contributed by atoms with Gasteiger partial charge in [-0.3, -0.25) is 0 Å². The molecule has 4 rings (SSSR count). The van der Waals surface area contributed by atoms with E-state index >= 15 is 0 Å². The molecular weight excluding hydrogens is 352 g/mol. The Bertz CT molecular complexity index is 851. The Labute approximate surface area is 167 Å². The summed E-state index contributed by atoms with van der Waals surface area (Å²) in [5, 5.41) is 3.46. The molecule has 1 aliphatic carbocycles. The predicted octanol–water partition coefficient (Wildman–Crippen LogP) is 4.14. The molecule has 1 atom stereocenters. The molecule has 0 unspecified atom stereocenters. The van der Waals surface area contributed by atoms with E-state index in [1.54, 1.807) is 14.2 Å². The van der Waals surface area contributed by atoms with Crippen molar-refractivity contribution in [3.05, 3.63) is 35.0 Å². The molecule has 0 bridgehead atoms. The standard InChI is InChI=1S/C22H30N4O2/c1-5-14(2)23-22-24-18(15-6-7-15)12-21(25-22)26-9-8-16-10-19(27-3)20(28-4)11-17(16)13-26/h10-12,14-15H,5-9,13H2,1-4H3,(H,23,24,25)/t14-/m0/s1. The molecule has 0 saturated heterocycles. The van der Waals surface area contributed by atoms with Gasteiger partial charge in [-0.25, -0.2) is 4.98 Å². The molecule has 1 aliphatic heterocycles. The Balaban J connectivity index is 1.62. The van der Waals surface area contributed by atoms with Crippen LogP contribution in [0.1, 0.15) is 55.8 Å². The average Bonchev–Trinajstić information content (AvgIpc) is 3.57. The molecule has 2 aliphatic rings. The highest BCUT2D eigenvalue weighted by Gasteiger charge is 2.28. The van der Waals surface area contributed by atoms with Crippen molar-refractivity contribution in [2.75, 3.05) is 31.0 Å². The largest absolute Gasteiger partial charge is 0.493 e. The van der Waals surface area contributed by atoms with E-state index in [0.29, 0.717) is 12.0 Å². The fraction of sp³-hybridized carbons (Fsp3) is 0.545. The number of ether oxygens (including phenoxy) is 2. The number of aromatic nitrogens is 2. The summed E-state index contributed by atoms with van der Waals surface area (Å²) >= 11 is 0. The van der Waals surface area contributed by atoms with Crippen molar-refractivity contribution in [2.24, 2.45) is 0 Å². The van der Waals surface area contributed by atoms with Crippen molar-refractivity contribution in [1.82, 2.24) is 9.97 Å². The molecule has 0 spiro atoms. The Morgan fingerprint density at radius 2 is 1.82 bits per heavy atom. The molecule has 0 radical (unpaired) electrons. The fourth-order valence-electron chi connectivity index (χ4n) is 3.67. The topological polar surface area (TPSA) is 59.5 Å². The fourth-order valence-corrected chi connectivity index (χ4v) is 3.67. The van der Waals surface area contributed by atoms with Crippen molar-refractivity contribution < 1.29 is 9.47 Å². The third kappa shape index (κ3) is 3.86. The van der Waals surface area contributed by atoms with Crippen LogP contribution in [0.3, 0.4) is 0 Å². The summed E-state index contributed by atoms with van der Waals surface area (Å²) in [5.41, 5.74) is 3.77. The van der Waals surface area contributed by atoms with Gasteiger partial charge in [-0.15, -0.1) is 0 Å². The van der Waals surface area contributed by atoms with Gasteiger partial charge < -0.3 is 19.7 Å². The van der Waals surface area contributed by atoms with Crippen LogP contribution in [0.5, 0.6) is 11.5 Å². The van der Waals surface area contributed by atoms with Crippen LogP contribution in [0.15, 0.2) is 18.2 Å². The van der Waals surface area contributed by atoms with E-state index in [2.05, 4.69) is 42.3 Å². The summed E-state index contributed by atoms with van der Waals surface area (Å²) in [6, 6.07) is 6.75. The molecular formula is C22H30N4O2. The zero-order chi connectivity index (χ0) is 19.7. The van der Waals surface area contributed by atoms with Crippen LogP contribution in [0.2, 0.25) is 0 Å². The lowest BCUT2D eigenvalue weighted by Gasteiger charge is -2.31. The highest BCUT2D eigenvalue weighted by Crippen LogP contribution is 2.41. The third-order valence-corrected chi connectivity index (χ3v) is 5.76. The molecule has 2 heterocycles. The molecule has 1 saturated carbocycles. The second kappa shape index (κ2) is 7.86. The van der Waals surface area contributed by atoms with Crippen molar-refractivity contribution in [1.29, 1.82) is 0 Å². The third-order valence-electron chi connectivity index (χ3n) is 5.76. The zero-order valence-electron chi connectivity index (χ0n) is 17.3. The van der Waals surface area contributed by atoms with Crippen LogP contribution in [0.4, 0.5) is 11.8 Å². The van der Waals surface area contributed by atoms with E-state index < -0.39 is 0 Å². The quantitative estimate of drug-likeness (QED) is 0.776. The molecule has 2 aromatic rings. The van der Waals surface area contributed by atoms with Gasteiger partial charge in [0.15, 0.2) is 11.5 Å². The van der Waals surface area contributed by atoms with Crippen molar-refractivity contribution in [2.45, 2.75) is 58.0 Å². The molecule has 1 aromatic heterocycles. The van der Waals surface area contributed by atoms with Crippen LogP contribution < -0.4 is 19.7 Å². The maximum Gasteiger partial charge on any atom is 0.225 e. The molecule has 6 nitrogen and oxygen atoms in total. The van der Waals surface area contributed by atoms with Gasteiger partial charge in [0.05, 0.1) is 19.9 Å². The summed E-state index contributed by atoms with van der Waals surface area (Å²) in [7, 11) is 3.37. The van der Waals surface area contributed by atoms with Crippen LogP contribution in [-0.2, 0) is 13.0 Å². The summed E-state index contributed by atoms with van der Waals surface area (Å²) in [4.78, 5) is 12.0. The summed E-state index contributed by atoms with van der Waals surface area (Å²) in [6.45, 7) is 6.10. The number of hydrogen-bond acceptors (Lipinski definition) is 6. The minimum Gasteiger partial charge on any atom is -0.493 e. The summed E-state index contributed by atoms with van der Waals surface area (Å²) in [6.07, 6.45) is 4.48. The van der Waals surface area contributed by atoms with E-state index in [4.69, 9.17) is 19.4 Å². The number of fused-ring (bicyclic) bond motifs is 1. The van der Waals surface area contributed by atoms with Crippen LogP contribution >= 0.6 is 0 Å². The second-order valence-corrected chi connectivity index (χ2v) is 7.85. The Kier molecular flexibility index (Phi) is 5.29. The van der Waals surface area contributed by atoms with Crippen molar-refractivity contribution in [3.8, 4) is 11.5 Å². The summed E-state index contributed by atoms with van der Waals surface area (Å²) in [5.74, 6) is 3.95. The van der Waals surface area contributed by atoms with Gasteiger partial charge in [0, 0.05) is 31.1 Å². The van der Waals surface area contributed by atoms with Gasteiger partial charge in [-0.05, 0) is 55.9 Å². The highest BCUT2D eigenvalue weighted by molar-refractivity contribution is 5.53. The maximum absolute atomic E-state index is 5.50. The first-order valence-electron chi connectivity index (χ1n) is 10.3. The van der Waals surface area contributed by atoms with Crippen LogP contribution in [-0.4, -0.2) is 36.8 Å². The van der Waals surface area contributed by atoms with E-state index in [0.717, 1.165) is 49.2 Å². The molecule has 1 aromatic carbocycles. The van der Waals surface area contributed by atoms with Gasteiger partial charge in [0.1, 0.15) is 5.82 Å². The van der Waals surface area contributed by atoms with Crippen LogP contribution in [0, 0.1) is 0 Å². The van der Waals surface area contributed by atoms with Gasteiger partial charge in [0.2, 0.25) is 5.95 Å². The number of hydrogen-bond donors (Lipinski definition) is 1. The lowest BCUT2D eigenvalue weighted by atomic mass is 9.98. The number of nitrogens with zero attached hydrogens (tertiary/aromatic N) is 3. The second-order valence-electron chi connectivity index (χ2n) is 7.85. The van der Waals surface area contributed by atoms with Gasteiger partial charge in [0.25, 0.3) is 0 Å². The van der Waals surface area contributed by atoms with Crippen LogP contribution in [0.25, 0.3) is 0 Å². The normalized spacial score (nSPS) is 17.1. The van der Waals surface area contributed by atoms with Gasteiger partial charge in [-0.1, -0.05) is 6.92 Å². The molecule has 6 heteroatoms. The van der Waals surface area contributed by atoms with Crippen molar-refractivity contribution in [3.63, 3.8) is 0 Å². The zero-order valence-corrected chi connectivity index (χ0v) is 17.3. The number of nitrogens with one attached hydrogen (secondary N) is 1. The maximum atomic E-state index is 5.50. The lowest BCUT2D eigenvalue weighted by Crippen LogP contribution is -2.31. The summed E-state index contributed by atoms with van der Waals surface area (Å²) < 4.78 is 11.0. The van der Waals surface area contributed by atoms with Crippen molar-refractivity contribution >= 4 is 11.8 Å². The van der Waals surface area contributed by atoms with Gasteiger partial charge >= 0.3 is 0 Å². The molecule has 1 fully saturated rings. The number of methoxy groups -OCH3 is 2. The first-order valence-corrected chi connectivity index (χ1v) is 10.3. The average molecular weight is 383 g/mol. The Morgan fingerprint density at radius 3 is 2.46 bits per heavy atom. The molecule has 150 valence electrons. The molecule has 0 amide bonds. The first-order chi connectivity index (χ1) is 13.6. The Hall–Kier alpha value is -2.50. The SMILES string of the molecule is CC[C@H](C)Nc1nc(C2CC2)cc(N2CCc3cc(OC)c(OC)cc3C2)n1. The minimum atomic E-state index is 0.362. The number of rotatable bonds is 7. The smallest absolute Gasteiger partial charge is 0.225 e. The van der Waals surface area contributed by atoms with E-state index in [9.17, 15) is 0 Å². The van der Waals surface area contributed by atoms with E-state index in [1.807, 2.05) is 0 Å². The first kappa shape index (κ1) is 18.8. The predicted molar refractivity (Wildman–Crippen MR) is 112 cm³/mol. The monoisotopic (exact) mass is 382 g/mol. The number of benzene rings is 1. The van der Waals surface area contributed by atoms with E-state index in [-0.39, 0.29) is 0 Å². The highest BCUT2D eigenvalue weighted by atomic mass is 16.5. The number of anilines is 2. The Morgan fingerprint density at radius 1 is 1.11 bits per heavy atom.